The van der Waals surface area contributed by atoms with Crippen LogP contribution in [0.1, 0.15) is 39.2 Å². The molecule has 2 aliphatic rings. The van der Waals surface area contributed by atoms with Crippen molar-refractivity contribution in [2.45, 2.75) is 44.6 Å². The number of carbonyl (C=O) groups excluding carboxylic acids is 1. The maximum Gasteiger partial charge on any atom is 0.236 e. The van der Waals surface area contributed by atoms with Gasteiger partial charge in [-0.1, -0.05) is 29.8 Å². The summed E-state index contributed by atoms with van der Waals surface area (Å²) in [5.41, 5.74) is 2.16. The average molecular weight is 490 g/mol. The molecule has 6 rings (SSSR count). The minimum Gasteiger partial charge on any atom is -0.454 e. The van der Waals surface area contributed by atoms with E-state index >= 15 is 0 Å². The number of ether oxygens (including phenoxy) is 2. The summed E-state index contributed by atoms with van der Waals surface area (Å²) in [6.07, 6.45) is 2.96. The fourth-order valence-corrected chi connectivity index (χ4v) is 4.64. The monoisotopic (exact) mass is 489 g/mol. The molecular weight excluding hydrogens is 466 g/mol. The summed E-state index contributed by atoms with van der Waals surface area (Å²) in [5.74, 6) is 1.70. The largest absolute Gasteiger partial charge is 0.454 e. The Bertz CT molecular complexity index is 1470. The van der Waals surface area contributed by atoms with Gasteiger partial charge in [-0.3, -0.25) is 4.79 Å². The van der Waals surface area contributed by atoms with Crippen LogP contribution in [-0.4, -0.2) is 32.4 Å². The van der Waals surface area contributed by atoms with E-state index < -0.39 is 5.41 Å². The number of hydrogen-bond donors (Lipinski definition) is 1. The summed E-state index contributed by atoms with van der Waals surface area (Å²) in [7, 11) is 0. The predicted octanol–water partition coefficient (Wildman–Crippen LogP) is 5.30. The zero-order chi connectivity index (χ0) is 24.4. The molecule has 178 valence electrons. The standard InChI is InChI=1S/C26H24ClN5O3/c1-25(2,3)32-23-20(21(31-32)15-4-7-17(27)8-5-15)22(28-13-29-23)30-24(33)26(10-11-26)16-6-9-18-19(12-16)35-14-34-18/h4-9,12-13H,10-11,14H2,1-3H3,(H,28,29,30,33). The molecule has 8 nitrogen and oxygen atoms in total. The lowest BCUT2D eigenvalue weighted by Gasteiger charge is -2.20. The second kappa shape index (κ2) is 7.68. The minimum atomic E-state index is -0.626. The van der Waals surface area contributed by atoms with E-state index in [9.17, 15) is 4.79 Å². The first-order chi connectivity index (χ1) is 16.8. The lowest BCUT2D eigenvalue weighted by Crippen LogP contribution is -2.28. The Morgan fingerprint density at radius 2 is 1.80 bits per heavy atom. The summed E-state index contributed by atoms with van der Waals surface area (Å²) in [6.45, 7) is 6.38. The first kappa shape index (κ1) is 21.9. The van der Waals surface area contributed by atoms with Crippen LogP contribution in [0.3, 0.4) is 0 Å². The molecule has 9 heteroatoms. The number of amides is 1. The molecule has 35 heavy (non-hydrogen) atoms. The molecule has 0 radical (unpaired) electrons. The van der Waals surface area contributed by atoms with Crippen LogP contribution in [0.25, 0.3) is 22.3 Å². The number of carbonyl (C=O) groups is 1. The summed E-state index contributed by atoms with van der Waals surface area (Å²) in [5, 5.41) is 9.32. The van der Waals surface area contributed by atoms with Crippen LogP contribution in [0.4, 0.5) is 5.82 Å². The van der Waals surface area contributed by atoms with Crippen LogP contribution >= 0.6 is 11.6 Å². The highest BCUT2D eigenvalue weighted by molar-refractivity contribution is 6.30. The maximum absolute atomic E-state index is 13.6. The second-order valence-electron chi connectivity index (χ2n) is 9.96. The molecule has 1 aliphatic carbocycles. The molecule has 1 amide bonds. The molecule has 0 bridgehead atoms. The number of hydrogen-bond acceptors (Lipinski definition) is 6. The van der Waals surface area contributed by atoms with Crippen molar-refractivity contribution in [1.82, 2.24) is 19.7 Å². The van der Waals surface area contributed by atoms with Gasteiger partial charge < -0.3 is 14.8 Å². The molecular formula is C26H24ClN5O3. The van der Waals surface area contributed by atoms with Gasteiger partial charge in [0.05, 0.1) is 16.3 Å². The zero-order valence-electron chi connectivity index (χ0n) is 19.6. The summed E-state index contributed by atoms with van der Waals surface area (Å²) >= 11 is 6.12. The Labute approximate surface area is 207 Å². The molecule has 1 N–H and O–H groups in total. The van der Waals surface area contributed by atoms with Crippen molar-refractivity contribution in [3.8, 4) is 22.8 Å². The average Bonchev–Trinajstić information content (AvgIpc) is 3.33. The van der Waals surface area contributed by atoms with Crippen molar-refractivity contribution in [2.24, 2.45) is 0 Å². The van der Waals surface area contributed by atoms with E-state index in [1.54, 1.807) is 0 Å². The first-order valence-electron chi connectivity index (χ1n) is 11.5. The van der Waals surface area contributed by atoms with Crippen LogP contribution in [0, 0.1) is 0 Å². The third-order valence-corrected chi connectivity index (χ3v) is 6.81. The fourth-order valence-electron chi connectivity index (χ4n) is 4.52. The minimum absolute atomic E-state index is 0.109. The van der Waals surface area contributed by atoms with Gasteiger partial charge in [0, 0.05) is 10.6 Å². The molecule has 0 atom stereocenters. The molecule has 0 unspecified atom stereocenters. The number of aromatic nitrogens is 4. The molecule has 0 saturated heterocycles. The van der Waals surface area contributed by atoms with Gasteiger partial charge in [0.15, 0.2) is 17.1 Å². The maximum atomic E-state index is 13.6. The third kappa shape index (κ3) is 3.60. The van der Waals surface area contributed by atoms with Gasteiger partial charge in [0.1, 0.15) is 17.8 Å². The Hall–Kier alpha value is -3.65. The number of benzene rings is 2. The van der Waals surface area contributed by atoms with Crippen LogP contribution in [0.5, 0.6) is 11.5 Å². The Morgan fingerprint density at radius 3 is 2.51 bits per heavy atom. The molecule has 2 aromatic heterocycles. The van der Waals surface area contributed by atoms with Crippen molar-refractivity contribution in [3.05, 3.63) is 59.4 Å². The van der Waals surface area contributed by atoms with Gasteiger partial charge in [0.25, 0.3) is 0 Å². The van der Waals surface area contributed by atoms with Crippen molar-refractivity contribution in [3.63, 3.8) is 0 Å². The van der Waals surface area contributed by atoms with Crippen molar-refractivity contribution < 1.29 is 14.3 Å². The molecule has 4 aromatic rings. The number of halogens is 1. The SMILES string of the molecule is CC(C)(C)n1nc(-c2ccc(Cl)cc2)c2c(NC(=O)C3(c4ccc5c(c4)OCO5)CC3)ncnc21. The summed E-state index contributed by atoms with van der Waals surface area (Å²) < 4.78 is 12.8. The van der Waals surface area contributed by atoms with Gasteiger partial charge in [-0.25, -0.2) is 14.6 Å². The van der Waals surface area contributed by atoms with Gasteiger partial charge in [-0.2, -0.15) is 5.10 Å². The van der Waals surface area contributed by atoms with Gasteiger partial charge in [-0.15, -0.1) is 0 Å². The quantitative estimate of drug-likeness (QED) is 0.418. The number of anilines is 1. The third-order valence-electron chi connectivity index (χ3n) is 6.56. The van der Waals surface area contributed by atoms with Crippen LogP contribution in [0.15, 0.2) is 48.8 Å². The Morgan fingerprint density at radius 1 is 1.06 bits per heavy atom. The Balaban J connectivity index is 1.43. The molecule has 3 heterocycles. The molecule has 1 fully saturated rings. The zero-order valence-corrected chi connectivity index (χ0v) is 20.4. The predicted molar refractivity (Wildman–Crippen MR) is 133 cm³/mol. The normalized spacial score (nSPS) is 15.9. The number of nitrogens with zero attached hydrogens (tertiary/aromatic N) is 4. The highest BCUT2D eigenvalue weighted by Crippen LogP contribution is 2.51. The first-order valence-corrected chi connectivity index (χ1v) is 11.9. The molecule has 2 aromatic carbocycles. The smallest absolute Gasteiger partial charge is 0.236 e. The van der Waals surface area contributed by atoms with E-state index in [0.717, 1.165) is 24.0 Å². The Kier molecular flexibility index (Phi) is 4.79. The highest BCUT2D eigenvalue weighted by atomic mass is 35.5. The topological polar surface area (TPSA) is 91.2 Å². The molecule has 1 saturated carbocycles. The van der Waals surface area contributed by atoms with E-state index in [1.165, 1.54) is 6.33 Å². The van der Waals surface area contributed by atoms with E-state index in [2.05, 4.69) is 36.1 Å². The number of fused-ring (bicyclic) bond motifs is 2. The van der Waals surface area contributed by atoms with Gasteiger partial charge in [-0.05, 0) is 63.4 Å². The van der Waals surface area contributed by atoms with E-state index in [4.69, 9.17) is 26.2 Å². The van der Waals surface area contributed by atoms with Crippen molar-refractivity contribution in [1.29, 1.82) is 0 Å². The van der Waals surface area contributed by atoms with Crippen molar-refractivity contribution in [2.75, 3.05) is 12.1 Å². The second-order valence-corrected chi connectivity index (χ2v) is 10.4. The molecule has 0 spiro atoms. The van der Waals surface area contributed by atoms with Crippen LogP contribution < -0.4 is 14.8 Å². The summed E-state index contributed by atoms with van der Waals surface area (Å²) in [4.78, 5) is 22.7. The van der Waals surface area contributed by atoms with Crippen LogP contribution in [-0.2, 0) is 15.7 Å². The lowest BCUT2D eigenvalue weighted by atomic mass is 9.94. The van der Waals surface area contributed by atoms with Gasteiger partial charge in [0.2, 0.25) is 12.7 Å². The lowest BCUT2D eigenvalue weighted by molar-refractivity contribution is -0.118. The number of nitrogens with one attached hydrogen (secondary N) is 1. The number of rotatable bonds is 4. The molecule has 1 aliphatic heterocycles. The van der Waals surface area contributed by atoms with Crippen LogP contribution in [0.2, 0.25) is 5.02 Å². The van der Waals surface area contributed by atoms with E-state index in [1.807, 2.05) is 47.1 Å². The fraction of sp³-hybridized carbons (Fsp3) is 0.308. The van der Waals surface area contributed by atoms with Crippen molar-refractivity contribution >= 4 is 34.4 Å². The van der Waals surface area contributed by atoms with E-state index in [-0.39, 0.29) is 18.2 Å². The highest BCUT2D eigenvalue weighted by Gasteiger charge is 2.52. The summed E-state index contributed by atoms with van der Waals surface area (Å²) in [6, 6.07) is 13.2. The van der Waals surface area contributed by atoms with Gasteiger partial charge >= 0.3 is 0 Å². The van der Waals surface area contributed by atoms with E-state index in [0.29, 0.717) is 39.1 Å².